The number of phenols is 1. The number of amides is 2. The van der Waals surface area contributed by atoms with E-state index in [0.29, 0.717) is 5.56 Å². The van der Waals surface area contributed by atoms with Gasteiger partial charge in [0.25, 0.3) is 11.8 Å². The molecule has 2 aliphatic rings. The second-order valence-corrected chi connectivity index (χ2v) is 10.2. The highest BCUT2D eigenvalue weighted by Gasteiger charge is 2.54. The van der Waals surface area contributed by atoms with Crippen LogP contribution in [-0.4, -0.2) is 80.8 Å². The molecule has 2 aliphatic heterocycles. The maximum atomic E-state index is 13.3. The standard InChI is InChI=1S/C27H28N4O9/c1-27(2,3)40-25(37)18(12-14-8-10-15(32)11-9-14)38-26-20(22(34)21(33)19(39-26)13-29-30-28)31-23(35)16-6-4-5-7-17(16)24(31)36/h4-12,19-22,26,32-34H,13H2,1-3H3/b18-12+/t19-,20-,21+,22-,26-/m1/s1. The normalized spacial score (nSPS) is 24.8. The van der Waals surface area contributed by atoms with Crippen LogP contribution in [0.15, 0.2) is 59.4 Å². The molecule has 2 aromatic rings. The first kappa shape index (κ1) is 28.6. The second-order valence-electron chi connectivity index (χ2n) is 10.2. The Morgan fingerprint density at radius 2 is 1.68 bits per heavy atom. The van der Waals surface area contributed by atoms with E-state index in [1.165, 1.54) is 42.5 Å². The van der Waals surface area contributed by atoms with E-state index in [9.17, 15) is 29.7 Å². The van der Waals surface area contributed by atoms with E-state index >= 15 is 0 Å². The molecule has 0 saturated carbocycles. The highest BCUT2D eigenvalue weighted by Crippen LogP contribution is 2.34. The van der Waals surface area contributed by atoms with Crippen LogP contribution in [0.25, 0.3) is 16.5 Å². The van der Waals surface area contributed by atoms with Gasteiger partial charge >= 0.3 is 5.97 Å². The van der Waals surface area contributed by atoms with Crippen LogP contribution in [0.1, 0.15) is 47.1 Å². The van der Waals surface area contributed by atoms with E-state index in [0.717, 1.165) is 4.90 Å². The summed E-state index contributed by atoms with van der Waals surface area (Å²) in [6, 6.07) is 10.2. The van der Waals surface area contributed by atoms with Gasteiger partial charge in [-0.1, -0.05) is 29.4 Å². The number of ether oxygens (including phenoxy) is 3. The third-order valence-corrected chi connectivity index (χ3v) is 6.15. The Morgan fingerprint density at radius 1 is 1.07 bits per heavy atom. The van der Waals surface area contributed by atoms with Crippen LogP contribution in [0.2, 0.25) is 0 Å². The zero-order valence-electron chi connectivity index (χ0n) is 21.9. The highest BCUT2D eigenvalue weighted by molar-refractivity contribution is 6.21. The number of carbonyl (C=O) groups is 3. The molecule has 0 spiro atoms. The van der Waals surface area contributed by atoms with E-state index in [4.69, 9.17) is 19.7 Å². The molecule has 13 heteroatoms. The number of azide groups is 1. The number of nitrogens with zero attached hydrogens (tertiary/aromatic N) is 4. The Kier molecular flexibility index (Phi) is 8.12. The summed E-state index contributed by atoms with van der Waals surface area (Å²) in [6.07, 6.45) is -5.22. The minimum atomic E-state index is -1.81. The van der Waals surface area contributed by atoms with Crippen molar-refractivity contribution in [3.63, 3.8) is 0 Å². The van der Waals surface area contributed by atoms with Crippen LogP contribution in [-0.2, 0) is 19.0 Å². The van der Waals surface area contributed by atoms with Crippen LogP contribution in [0.4, 0.5) is 0 Å². The minimum Gasteiger partial charge on any atom is -0.508 e. The van der Waals surface area contributed by atoms with Gasteiger partial charge in [-0.15, -0.1) is 0 Å². The van der Waals surface area contributed by atoms with Crippen LogP contribution >= 0.6 is 0 Å². The van der Waals surface area contributed by atoms with Gasteiger partial charge in [0.05, 0.1) is 23.8 Å². The Hall–Kier alpha value is -4.42. The number of rotatable bonds is 7. The molecular formula is C27H28N4O9. The molecule has 0 bridgehead atoms. The predicted molar refractivity (Wildman–Crippen MR) is 138 cm³/mol. The first-order chi connectivity index (χ1) is 18.9. The third-order valence-electron chi connectivity index (χ3n) is 6.15. The monoisotopic (exact) mass is 552 g/mol. The molecule has 40 heavy (non-hydrogen) atoms. The average Bonchev–Trinajstić information content (AvgIpc) is 3.15. The molecule has 0 aromatic heterocycles. The summed E-state index contributed by atoms with van der Waals surface area (Å²) >= 11 is 0. The Labute approximate surface area is 228 Å². The number of imide groups is 1. The number of fused-ring (bicyclic) bond motifs is 1. The van der Waals surface area contributed by atoms with E-state index in [1.54, 1.807) is 32.9 Å². The first-order valence-corrected chi connectivity index (χ1v) is 12.3. The molecule has 3 N–H and O–H groups in total. The zero-order valence-corrected chi connectivity index (χ0v) is 21.9. The Morgan fingerprint density at radius 3 is 2.23 bits per heavy atom. The van der Waals surface area contributed by atoms with Crippen molar-refractivity contribution in [3.05, 3.63) is 81.4 Å². The minimum absolute atomic E-state index is 0.0174. The van der Waals surface area contributed by atoms with Gasteiger partial charge in [0.15, 0.2) is 0 Å². The molecule has 0 radical (unpaired) electrons. The number of hydrogen-bond acceptors (Lipinski definition) is 10. The quantitative estimate of drug-likeness (QED) is 0.0880. The maximum Gasteiger partial charge on any atom is 0.374 e. The molecule has 2 aromatic carbocycles. The summed E-state index contributed by atoms with van der Waals surface area (Å²) in [5, 5.41) is 34.9. The van der Waals surface area contributed by atoms with E-state index in [2.05, 4.69) is 10.0 Å². The van der Waals surface area contributed by atoms with Gasteiger partial charge in [0, 0.05) is 4.91 Å². The van der Waals surface area contributed by atoms with Crippen molar-refractivity contribution in [2.45, 2.75) is 57.0 Å². The third kappa shape index (κ3) is 5.92. The molecule has 13 nitrogen and oxygen atoms in total. The Balaban J connectivity index is 1.77. The second kappa shape index (κ2) is 11.4. The summed E-state index contributed by atoms with van der Waals surface area (Å²) in [6.45, 7) is 4.49. The first-order valence-electron chi connectivity index (χ1n) is 12.3. The van der Waals surface area contributed by atoms with Crippen LogP contribution in [0.5, 0.6) is 5.75 Å². The van der Waals surface area contributed by atoms with Crippen molar-refractivity contribution in [1.82, 2.24) is 4.90 Å². The molecule has 210 valence electrons. The van der Waals surface area contributed by atoms with Gasteiger partial charge in [-0.3, -0.25) is 14.5 Å². The summed E-state index contributed by atoms with van der Waals surface area (Å²) in [5.74, 6) is -2.89. The van der Waals surface area contributed by atoms with Crippen molar-refractivity contribution < 1.29 is 43.9 Å². The number of benzene rings is 2. The fraction of sp³-hybridized carbons (Fsp3) is 0.370. The summed E-state index contributed by atoms with van der Waals surface area (Å²) < 4.78 is 17.2. The maximum absolute atomic E-state index is 13.3. The lowest BCUT2D eigenvalue weighted by atomic mass is 9.95. The average molecular weight is 553 g/mol. The van der Waals surface area contributed by atoms with Crippen molar-refractivity contribution in [1.29, 1.82) is 0 Å². The van der Waals surface area contributed by atoms with Gasteiger partial charge in [-0.25, -0.2) is 4.79 Å². The van der Waals surface area contributed by atoms with E-state index < -0.39 is 66.3 Å². The van der Waals surface area contributed by atoms with Gasteiger partial charge in [0.1, 0.15) is 29.6 Å². The fourth-order valence-electron chi connectivity index (χ4n) is 4.35. The lowest BCUT2D eigenvalue weighted by molar-refractivity contribution is -0.261. The zero-order chi connectivity index (χ0) is 29.2. The summed E-state index contributed by atoms with van der Waals surface area (Å²) in [7, 11) is 0. The molecule has 2 heterocycles. The van der Waals surface area contributed by atoms with Gasteiger partial charge in [-0.05, 0) is 62.2 Å². The molecule has 5 atom stereocenters. The molecule has 0 aliphatic carbocycles. The number of hydrogen-bond donors (Lipinski definition) is 3. The lowest BCUT2D eigenvalue weighted by Crippen LogP contribution is -2.65. The number of esters is 1. The predicted octanol–water partition coefficient (Wildman–Crippen LogP) is 2.51. The SMILES string of the molecule is CC(C)(C)OC(=O)/C(=C\c1ccc(O)cc1)O[C@@H]1O[C@H](CN=[N+]=[N-])[C@H](O)[C@H](O)[C@H]1N1C(=O)c2ccccc2C1=O. The van der Waals surface area contributed by atoms with Crippen LogP contribution in [0, 0.1) is 0 Å². The number of carbonyl (C=O) groups excluding carboxylic acids is 3. The molecular weight excluding hydrogens is 524 g/mol. The number of aliphatic hydroxyl groups is 2. The van der Waals surface area contributed by atoms with Gasteiger partial charge < -0.3 is 29.5 Å². The largest absolute Gasteiger partial charge is 0.508 e. The summed E-state index contributed by atoms with van der Waals surface area (Å²) in [4.78, 5) is 43.1. The lowest BCUT2D eigenvalue weighted by Gasteiger charge is -2.44. The number of aliphatic hydroxyl groups excluding tert-OH is 2. The molecule has 0 unspecified atom stereocenters. The van der Waals surface area contributed by atoms with Gasteiger partial charge in [-0.2, -0.15) is 0 Å². The number of aromatic hydroxyl groups is 1. The van der Waals surface area contributed by atoms with E-state index in [-0.39, 0.29) is 16.9 Å². The fourth-order valence-corrected chi connectivity index (χ4v) is 4.35. The van der Waals surface area contributed by atoms with Crippen molar-refractivity contribution >= 4 is 23.9 Å². The number of phenolic OH excluding ortho intramolecular Hbond substituents is 1. The van der Waals surface area contributed by atoms with Crippen molar-refractivity contribution in [2.75, 3.05) is 6.54 Å². The van der Waals surface area contributed by atoms with Crippen LogP contribution < -0.4 is 0 Å². The molecule has 2 amide bonds. The highest BCUT2D eigenvalue weighted by atomic mass is 16.7. The summed E-state index contributed by atoms with van der Waals surface area (Å²) in [5.41, 5.74) is 8.39. The van der Waals surface area contributed by atoms with Crippen LogP contribution in [0.3, 0.4) is 0 Å². The smallest absolute Gasteiger partial charge is 0.374 e. The Bertz CT molecular complexity index is 1340. The molecule has 4 rings (SSSR count). The molecule has 1 fully saturated rings. The van der Waals surface area contributed by atoms with E-state index in [1.807, 2.05) is 0 Å². The van der Waals surface area contributed by atoms with Gasteiger partial charge in [0.2, 0.25) is 12.0 Å². The topological polar surface area (TPSA) is 192 Å². The van der Waals surface area contributed by atoms with Crippen molar-refractivity contribution in [2.24, 2.45) is 5.11 Å². The van der Waals surface area contributed by atoms with Crippen molar-refractivity contribution in [3.8, 4) is 5.75 Å². The molecule has 1 saturated heterocycles.